The highest BCUT2D eigenvalue weighted by atomic mass is 35.5. The van der Waals surface area contributed by atoms with Crippen LogP contribution in [0.1, 0.15) is 5.56 Å². The summed E-state index contributed by atoms with van der Waals surface area (Å²) in [6, 6.07) is 17.8. The lowest BCUT2D eigenvalue weighted by atomic mass is 10.2. The van der Waals surface area contributed by atoms with Gasteiger partial charge in [-0.2, -0.15) is 0 Å². The number of nitrogens with zero attached hydrogens (tertiary/aromatic N) is 2. The zero-order valence-corrected chi connectivity index (χ0v) is 17.2. The minimum atomic E-state index is -0.465. The fraction of sp³-hybridized carbons (Fsp3) is 0.0909. The lowest BCUT2D eigenvalue weighted by Gasteiger charge is -2.11. The number of anilines is 1. The van der Waals surface area contributed by atoms with Gasteiger partial charge in [0.25, 0.3) is 11.6 Å². The van der Waals surface area contributed by atoms with E-state index in [0.717, 1.165) is 5.56 Å². The van der Waals surface area contributed by atoms with Crippen LogP contribution in [0.5, 0.6) is 11.5 Å². The van der Waals surface area contributed by atoms with Crippen LogP contribution in [0, 0.1) is 10.1 Å². The predicted molar refractivity (Wildman–Crippen MR) is 119 cm³/mol. The molecule has 0 atom stereocenters. The van der Waals surface area contributed by atoms with Gasteiger partial charge >= 0.3 is 0 Å². The summed E-state index contributed by atoms with van der Waals surface area (Å²) in [5.74, 6) is 0.515. The topological polar surface area (TPSA) is 103 Å². The molecule has 0 unspecified atom stereocenters. The van der Waals surface area contributed by atoms with Crippen molar-refractivity contribution in [2.75, 3.05) is 19.0 Å². The molecule has 158 valence electrons. The van der Waals surface area contributed by atoms with Gasteiger partial charge in [0.2, 0.25) is 0 Å². The quantitative estimate of drug-likeness (QED) is 0.301. The third kappa shape index (κ3) is 6.28. The molecule has 31 heavy (non-hydrogen) atoms. The maximum Gasteiger partial charge on any atom is 0.269 e. The van der Waals surface area contributed by atoms with Gasteiger partial charge in [-0.1, -0.05) is 11.6 Å². The van der Waals surface area contributed by atoms with Gasteiger partial charge in [-0.15, -0.1) is 0 Å². The Morgan fingerprint density at radius 1 is 1.10 bits per heavy atom. The molecule has 0 saturated carbocycles. The van der Waals surface area contributed by atoms with Crippen LogP contribution in [0.15, 0.2) is 71.7 Å². The number of ether oxygens (including phenoxy) is 2. The summed E-state index contributed by atoms with van der Waals surface area (Å²) in [6.07, 6.45) is 1.60. The molecular formula is C22H18ClN3O5. The highest BCUT2D eigenvalue weighted by molar-refractivity contribution is 6.30. The van der Waals surface area contributed by atoms with Gasteiger partial charge in [-0.05, 0) is 60.2 Å². The molecule has 0 radical (unpaired) electrons. The number of non-ortho nitro benzene ring substituents is 1. The number of nitro groups is 1. The standard InChI is InChI=1S/C22H18ClN3O5/c1-30-21-12-15(13-24-17-7-9-19(10-8-17)26(28)29)2-11-20(21)31-14-22(27)25-18-5-3-16(23)4-6-18/h2-13H,14H2,1H3,(H,25,27). The van der Waals surface area contributed by atoms with Crippen molar-refractivity contribution < 1.29 is 19.2 Å². The number of hydrogen-bond donors (Lipinski definition) is 1. The number of methoxy groups -OCH3 is 1. The normalized spacial score (nSPS) is 10.6. The van der Waals surface area contributed by atoms with Gasteiger partial charge in [-0.3, -0.25) is 19.9 Å². The van der Waals surface area contributed by atoms with Crippen molar-refractivity contribution in [2.24, 2.45) is 4.99 Å². The zero-order valence-electron chi connectivity index (χ0n) is 16.4. The Kier molecular flexibility index (Phi) is 7.18. The number of aliphatic imine (C=N–C) groups is 1. The second kappa shape index (κ2) is 10.2. The van der Waals surface area contributed by atoms with E-state index in [1.54, 1.807) is 60.8 Å². The van der Waals surface area contributed by atoms with E-state index in [0.29, 0.717) is 27.9 Å². The fourth-order valence-corrected chi connectivity index (χ4v) is 2.69. The number of nitro benzene ring substituents is 1. The molecule has 3 rings (SSSR count). The van der Waals surface area contributed by atoms with Gasteiger partial charge in [0.05, 0.1) is 17.7 Å². The highest BCUT2D eigenvalue weighted by Gasteiger charge is 2.09. The summed E-state index contributed by atoms with van der Waals surface area (Å²) in [5, 5.41) is 14.0. The molecule has 0 bridgehead atoms. The molecule has 0 spiro atoms. The average Bonchev–Trinajstić information content (AvgIpc) is 2.78. The molecule has 3 aromatic rings. The lowest BCUT2D eigenvalue weighted by Crippen LogP contribution is -2.20. The van der Waals surface area contributed by atoms with E-state index in [2.05, 4.69) is 10.3 Å². The van der Waals surface area contributed by atoms with E-state index in [1.807, 2.05) is 0 Å². The first-order chi connectivity index (χ1) is 14.9. The Morgan fingerprint density at radius 3 is 2.45 bits per heavy atom. The smallest absolute Gasteiger partial charge is 0.269 e. The first kappa shape index (κ1) is 21.8. The van der Waals surface area contributed by atoms with E-state index in [4.69, 9.17) is 21.1 Å². The van der Waals surface area contributed by atoms with Crippen LogP contribution in [0.25, 0.3) is 0 Å². The van der Waals surface area contributed by atoms with Crippen LogP contribution < -0.4 is 14.8 Å². The number of carbonyl (C=O) groups excluding carboxylic acids is 1. The van der Waals surface area contributed by atoms with E-state index in [-0.39, 0.29) is 18.2 Å². The second-order valence-corrected chi connectivity index (χ2v) is 6.72. The Balaban J connectivity index is 1.61. The SMILES string of the molecule is COc1cc(C=Nc2ccc([N+](=O)[O-])cc2)ccc1OCC(=O)Nc1ccc(Cl)cc1. The average molecular weight is 440 g/mol. The molecular weight excluding hydrogens is 422 g/mol. The maximum atomic E-state index is 12.1. The van der Waals surface area contributed by atoms with Crippen LogP contribution in [0.2, 0.25) is 5.02 Å². The zero-order chi connectivity index (χ0) is 22.2. The highest BCUT2D eigenvalue weighted by Crippen LogP contribution is 2.28. The summed E-state index contributed by atoms with van der Waals surface area (Å²) in [6.45, 7) is -0.199. The van der Waals surface area contributed by atoms with Crippen LogP contribution in [0.3, 0.4) is 0 Å². The molecule has 8 nitrogen and oxygen atoms in total. The number of amides is 1. The third-order valence-corrected chi connectivity index (χ3v) is 4.35. The largest absolute Gasteiger partial charge is 0.493 e. The van der Waals surface area contributed by atoms with Gasteiger partial charge in [0, 0.05) is 29.1 Å². The van der Waals surface area contributed by atoms with E-state index >= 15 is 0 Å². The maximum absolute atomic E-state index is 12.1. The molecule has 0 fully saturated rings. The Morgan fingerprint density at radius 2 is 1.81 bits per heavy atom. The monoisotopic (exact) mass is 439 g/mol. The molecule has 0 aliphatic rings. The fourth-order valence-electron chi connectivity index (χ4n) is 2.57. The van der Waals surface area contributed by atoms with Crippen LogP contribution in [0.4, 0.5) is 17.1 Å². The minimum absolute atomic E-state index is 0.00206. The van der Waals surface area contributed by atoms with Crippen LogP contribution in [-0.4, -0.2) is 30.8 Å². The number of rotatable bonds is 8. The predicted octanol–water partition coefficient (Wildman–Crippen LogP) is 5.02. The lowest BCUT2D eigenvalue weighted by molar-refractivity contribution is -0.384. The summed E-state index contributed by atoms with van der Waals surface area (Å²) in [4.78, 5) is 26.6. The van der Waals surface area contributed by atoms with Gasteiger partial charge in [0.15, 0.2) is 18.1 Å². The van der Waals surface area contributed by atoms with Crippen molar-refractivity contribution in [1.82, 2.24) is 0 Å². The molecule has 0 saturated heterocycles. The van der Waals surface area contributed by atoms with Gasteiger partial charge < -0.3 is 14.8 Å². The molecule has 1 N–H and O–H groups in total. The molecule has 9 heteroatoms. The molecule has 0 aliphatic carbocycles. The number of halogens is 1. The van der Waals surface area contributed by atoms with Crippen molar-refractivity contribution in [3.8, 4) is 11.5 Å². The summed E-state index contributed by atoms with van der Waals surface area (Å²) >= 11 is 5.83. The van der Waals surface area contributed by atoms with E-state index < -0.39 is 4.92 Å². The van der Waals surface area contributed by atoms with E-state index in [1.165, 1.54) is 19.2 Å². The first-order valence-electron chi connectivity index (χ1n) is 9.09. The van der Waals surface area contributed by atoms with E-state index in [9.17, 15) is 14.9 Å². The number of carbonyl (C=O) groups is 1. The summed E-state index contributed by atoms with van der Waals surface area (Å²) < 4.78 is 10.9. The van der Waals surface area contributed by atoms with Crippen molar-refractivity contribution in [1.29, 1.82) is 0 Å². The van der Waals surface area contributed by atoms with Gasteiger partial charge in [0.1, 0.15) is 0 Å². The second-order valence-electron chi connectivity index (χ2n) is 6.29. The molecule has 0 aliphatic heterocycles. The number of hydrogen-bond acceptors (Lipinski definition) is 6. The van der Waals surface area contributed by atoms with Crippen molar-refractivity contribution in [3.05, 3.63) is 87.4 Å². The molecule has 0 heterocycles. The molecule has 0 aromatic heterocycles. The van der Waals surface area contributed by atoms with Crippen molar-refractivity contribution in [2.45, 2.75) is 0 Å². The molecule has 3 aromatic carbocycles. The Labute approximate surface area is 183 Å². The van der Waals surface area contributed by atoms with Crippen LogP contribution in [-0.2, 0) is 4.79 Å². The number of benzene rings is 3. The van der Waals surface area contributed by atoms with Crippen molar-refractivity contribution in [3.63, 3.8) is 0 Å². The number of nitrogens with one attached hydrogen (secondary N) is 1. The minimum Gasteiger partial charge on any atom is -0.493 e. The van der Waals surface area contributed by atoms with Gasteiger partial charge in [-0.25, -0.2) is 0 Å². The first-order valence-corrected chi connectivity index (χ1v) is 9.47. The summed E-state index contributed by atoms with van der Waals surface area (Å²) in [7, 11) is 1.49. The summed E-state index contributed by atoms with van der Waals surface area (Å²) in [5.41, 5.74) is 1.92. The molecule has 1 amide bonds. The van der Waals surface area contributed by atoms with Crippen molar-refractivity contribution >= 4 is 40.8 Å². The van der Waals surface area contributed by atoms with Crippen LogP contribution >= 0.6 is 11.6 Å². The Hall–Kier alpha value is -3.91. The third-order valence-electron chi connectivity index (χ3n) is 4.10. The Bertz CT molecular complexity index is 1100.